The summed E-state index contributed by atoms with van der Waals surface area (Å²) in [6.45, 7) is 5.72. The van der Waals surface area contributed by atoms with Crippen molar-refractivity contribution < 1.29 is 9.47 Å². The molecule has 0 aliphatic carbocycles. The molecule has 0 spiro atoms. The largest absolute Gasteiger partial charge is 0.492 e. The number of halogens is 1. The summed E-state index contributed by atoms with van der Waals surface area (Å²) in [7, 11) is 1.69. The fourth-order valence-corrected chi connectivity index (χ4v) is 2.49. The first-order valence-corrected chi connectivity index (χ1v) is 7.47. The van der Waals surface area contributed by atoms with Crippen LogP contribution < -0.4 is 4.74 Å². The summed E-state index contributed by atoms with van der Waals surface area (Å²) in [5, 5.41) is 0.649. The van der Waals surface area contributed by atoms with E-state index >= 15 is 0 Å². The molecule has 3 nitrogen and oxygen atoms in total. The van der Waals surface area contributed by atoms with Gasteiger partial charge in [0.25, 0.3) is 0 Å². The van der Waals surface area contributed by atoms with Crippen molar-refractivity contribution in [2.75, 3.05) is 20.3 Å². The Morgan fingerprint density at radius 3 is 2.85 bits per heavy atom. The van der Waals surface area contributed by atoms with Crippen molar-refractivity contribution in [3.63, 3.8) is 0 Å². The number of hydrogen-bond acceptors (Lipinski definition) is 3. The molecule has 2 rings (SSSR count). The first kappa shape index (κ1) is 15.3. The van der Waals surface area contributed by atoms with Gasteiger partial charge < -0.3 is 9.47 Å². The maximum atomic E-state index is 6.26. The molecule has 0 radical (unpaired) electrons. The average molecular weight is 296 g/mol. The highest BCUT2D eigenvalue weighted by molar-refractivity contribution is 6.32. The summed E-state index contributed by atoms with van der Waals surface area (Å²) in [5.41, 5.74) is 2.38. The Balaban J connectivity index is 2.09. The molecule has 0 saturated carbocycles. The van der Waals surface area contributed by atoms with Crippen LogP contribution in [0.3, 0.4) is 0 Å². The van der Waals surface area contributed by atoms with Gasteiger partial charge in [0.05, 0.1) is 17.7 Å². The smallest absolute Gasteiger partial charge is 0.138 e. The minimum absolute atomic E-state index is 0.352. The first-order valence-electron chi connectivity index (χ1n) is 7.09. The Morgan fingerprint density at radius 2 is 2.15 bits per heavy atom. The van der Waals surface area contributed by atoms with E-state index in [2.05, 4.69) is 24.9 Å². The van der Waals surface area contributed by atoms with Crippen LogP contribution in [0, 0.1) is 5.92 Å². The zero-order valence-corrected chi connectivity index (χ0v) is 13.1. The van der Waals surface area contributed by atoms with Gasteiger partial charge in [-0.3, -0.25) is 4.99 Å². The molecule has 1 aliphatic heterocycles. The third kappa shape index (κ3) is 3.74. The number of rotatable bonds is 6. The standard InChI is InChI=1S/C16H22ClNO2/c1-11(2)15-8-12-9-16(20-6-4-5-19-3)14(17)7-13(12)10-18-15/h7,9-11,15H,4-6,8H2,1-3H3/t15-/m1/s1. The number of nitrogens with zero attached hydrogens (tertiary/aromatic N) is 1. The summed E-state index contributed by atoms with van der Waals surface area (Å²) in [5.74, 6) is 1.31. The predicted octanol–water partition coefficient (Wildman–Crippen LogP) is 3.75. The van der Waals surface area contributed by atoms with Gasteiger partial charge in [0, 0.05) is 26.4 Å². The first-order chi connectivity index (χ1) is 9.61. The molecule has 20 heavy (non-hydrogen) atoms. The Kier molecular flexibility index (Phi) is 5.44. The lowest BCUT2D eigenvalue weighted by Gasteiger charge is -2.23. The number of aliphatic imine (C=N–C) groups is 1. The van der Waals surface area contributed by atoms with Gasteiger partial charge in [-0.25, -0.2) is 0 Å². The van der Waals surface area contributed by atoms with E-state index in [0.29, 0.717) is 30.2 Å². The van der Waals surface area contributed by atoms with Crippen molar-refractivity contribution in [1.82, 2.24) is 0 Å². The number of hydrogen-bond donors (Lipinski definition) is 0. The summed E-state index contributed by atoms with van der Waals surface area (Å²) >= 11 is 6.26. The molecule has 0 bridgehead atoms. The summed E-state index contributed by atoms with van der Waals surface area (Å²) in [4.78, 5) is 4.59. The normalized spacial score (nSPS) is 17.4. The number of methoxy groups -OCH3 is 1. The van der Waals surface area contributed by atoms with Crippen LogP contribution in [0.25, 0.3) is 0 Å². The zero-order chi connectivity index (χ0) is 14.5. The van der Waals surface area contributed by atoms with Crippen LogP contribution in [0.2, 0.25) is 5.02 Å². The highest BCUT2D eigenvalue weighted by atomic mass is 35.5. The van der Waals surface area contributed by atoms with Gasteiger partial charge in [0.15, 0.2) is 0 Å². The van der Waals surface area contributed by atoms with E-state index in [1.807, 2.05) is 12.3 Å². The van der Waals surface area contributed by atoms with E-state index in [9.17, 15) is 0 Å². The van der Waals surface area contributed by atoms with Gasteiger partial charge in [-0.1, -0.05) is 25.4 Å². The fraction of sp³-hybridized carbons (Fsp3) is 0.562. The van der Waals surface area contributed by atoms with E-state index in [4.69, 9.17) is 21.1 Å². The molecule has 4 heteroatoms. The molecule has 0 amide bonds. The van der Waals surface area contributed by atoms with Crippen LogP contribution in [0.1, 0.15) is 31.4 Å². The van der Waals surface area contributed by atoms with Crippen molar-refractivity contribution in [1.29, 1.82) is 0 Å². The zero-order valence-electron chi connectivity index (χ0n) is 12.4. The van der Waals surface area contributed by atoms with Crippen LogP contribution >= 0.6 is 11.6 Å². The summed E-state index contributed by atoms with van der Waals surface area (Å²) in [6.07, 6.45) is 3.75. The van der Waals surface area contributed by atoms with Gasteiger partial charge in [0.2, 0.25) is 0 Å². The molecule has 1 aliphatic rings. The van der Waals surface area contributed by atoms with Gasteiger partial charge in [-0.05, 0) is 35.6 Å². The summed E-state index contributed by atoms with van der Waals surface area (Å²) < 4.78 is 10.8. The second-order valence-electron chi connectivity index (χ2n) is 5.47. The molecular weight excluding hydrogens is 274 g/mol. The van der Waals surface area contributed by atoms with Crippen LogP contribution in [-0.2, 0) is 11.2 Å². The lowest BCUT2D eigenvalue weighted by Crippen LogP contribution is -2.21. The molecule has 1 aromatic carbocycles. The van der Waals surface area contributed by atoms with Crippen LogP contribution in [-0.4, -0.2) is 32.6 Å². The van der Waals surface area contributed by atoms with E-state index in [-0.39, 0.29) is 0 Å². The average Bonchev–Trinajstić information content (AvgIpc) is 2.43. The molecule has 1 aromatic rings. The third-order valence-electron chi connectivity index (χ3n) is 3.55. The Labute approximate surface area is 126 Å². The quantitative estimate of drug-likeness (QED) is 0.748. The van der Waals surface area contributed by atoms with Gasteiger partial charge >= 0.3 is 0 Å². The predicted molar refractivity (Wildman–Crippen MR) is 83.4 cm³/mol. The summed E-state index contributed by atoms with van der Waals surface area (Å²) in [6, 6.07) is 4.36. The highest BCUT2D eigenvalue weighted by Crippen LogP contribution is 2.31. The second kappa shape index (κ2) is 7.09. The van der Waals surface area contributed by atoms with Crippen LogP contribution in [0.4, 0.5) is 0 Å². The molecule has 0 aromatic heterocycles. The fourth-order valence-electron chi connectivity index (χ4n) is 2.27. The van der Waals surface area contributed by atoms with Crippen molar-refractivity contribution in [2.45, 2.75) is 32.7 Å². The lowest BCUT2D eigenvalue weighted by molar-refractivity contribution is 0.172. The minimum Gasteiger partial charge on any atom is -0.492 e. The Hall–Kier alpha value is -1.06. The monoisotopic (exact) mass is 295 g/mol. The van der Waals surface area contributed by atoms with Crippen molar-refractivity contribution in [3.05, 3.63) is 28.3 Å². The second-order valence-corrected chi connectivity index (χ2v) is 5.88. The minimum atomic E-state index is 0.352. The molecule has 0 unspecified atom stereocenters. The van der Waals surface area contributed by atoms with E-state index < -0.39 is 0 Å². The third-order valence-corrected chi connectivity index (χ3v) is 3.84. The molecule has 0 saturated heterocycles. The SMILES string of the molecule is COCCCOc1cc2c(cc1Cl)C=N[C@@H](C(C)C)C2. The number of ether oxygens (including phenoxy) is 2. The molecule has 110 valence electrons. The van der Waals surface area contributed by atoms with Gasteiger partial charge in [-0.2, -0.15) is 0 Å². The van der Waals surface area contributed by atoms with Crippen molar-refractivity contribution in [3.8, 4) is 5.75 Å². The Bertz CT molecular complexity index is 486. The molecule has 1 atom stereocenters. The van der Waals surface area contributed by atoms with Crippen LogP contribution in [0.5, 0.6) is 5.75 Å². The lowest BCUT2D eigenvalue weighted by atomic mass is 9.92. The van der Waals surface area contributed by atoms with Crippen molar-refractivity contribution in [2.24, 2.45) is 10.9 Å². The van der Waals surface area contributed by atoms with E-state index in [1.165, 1.54) is 5.56 Å². The molecule has 1 heterocycles. The maximum Gasteiger partial charge on any atom is 0.138 e. The molecule has 0 N–H and O–H groups in total. The van der Waals surface area contributed by atoms with Crippen LogP contribution in [0.15, 0.2) is 17.1 Å². The molecular formula is C16H22ClNO2. The van der Waals surface area contributed by atoms with Crippen molar-refractivity contribution >= 4 is 17.8 Å². The number of benzene rings is 1. The van der Waals surface area contributed by atoms with Gasteiger partial charge in [-0.15, -0.1) is 0 Å². The van der Waals surface area contributed by atoms with Gasteiger partial charge in [0.1, 0.15) is 5.75 Å². The number of fused-ring (bicyclic) bond motifs is 1. The Morgan fingerprint density at radius 1 is 1.35 bits per heavy atom. The van der Waals surface area contributed by atoms with E-state index in [0.717, 1.165) is 24.2 Å². The maximum absolute atomic E-state index is 6.26. The highest BCUT2D eigenvalue weighted by Gasteiger charge is 2.19. The van der Waals surface area contributed by atoms with E-state index in [1.54, 1.807) is 7.11 Å². The molecule has 0 fully saturated rings. The topological polar surface area (TPSA) is 30.8 Å².